The van der Waals surface area contributed by atoms with E-state index in [0.717, 1.165) is 29.7 Å². The zero-order valence-electron chi connectivity index (χ0n) is 14.3. The number of carbonyl (C=O) groups excluding carboxylic acids is 1. The average molecular weight is 329 g/mol. The van der Waals surface area contributed by atoms with Crippen LogP contribution in [-0.4, -0.2) is 17.0 Å². The van der Waals surface area contributed by atoms with E-state index in [0.29, 0.717) is 17.9 Å². The minimum Gasteiger partial charge on any atom is -0.481 e. The number of carbonyl (C=O) groups is 2. The van der Waals surface area contributed by atoms with Crippen molar-refractivity contribution in [3.63, 3.8) is 0 Å². The van der Waals surface area contributed by atoms with Gasteiger partial charge in [-0.15, -0.1) is 0 Å². The Morgan fingerprint density at radius 3 is 2.33 bits per heavy atom. The smallest absolute Gasteiger partial charge is 0.306 e. The quantitative estimate of drug-likeness (QED) is 0.807. The molecule has 0 aliphatic carbocycles. The summed E-state index contributed by atoms with van der Waals surface area (Å²) in [5.41, 5.74) is 2.63. The maximum Gasteiger partial charge on any atom is 0.306 e. The van der Waals surface area contributed by atoms with Crippen LogP contribution in [0.4, 0.5) is 5.69 Å². The Bertz CT molecular complexity index is 694. The second-order valence-corrected chi connectivity index (χ2v) is 5.86. The molecule has 0 spiro atoms. The highest BCUT2D eigenvalue weighted by Gasteiger charge is 2.15. The van der Waals surface area contributed by atoms with Crippen LogP contribution < -0.4 is 5.32 Å². The molecule has 128 valence electrons. The van der Waals surface area contributed by atoms with E-state index in [1.807, 2.05) is 26.0 Å². The van der Waals surface area contributed by atoms with Gasteiger partial charge in [-0.1, -0.05) is 32.9 Å². The van der Waals surface area contributed by atoms with Gasteiger partial charge in [0.25, 0.3) is 5.91 Å². The normalized spacial score (nSPS) is 12.0. The largest absolute Gasteiger partial charge is 0.481 e. The first-order chi connectivity index (χ1) is 11.4. The molecule has 0 aliphatic heterocycles. The lowest BCUT2D eigenvalue weighted by Gasteiger charge is -2.08. The number of nitrogens with one attached hydrogen (secondary N) is 1. The van der Waals surface area contributed by atoms with Crippen molar-refractivity contribution < 1.29 is 19.1 Å². The van der Waals surface area contributed by atoms with Crippen LogP contribution in [0.2, 0.25) is 0 Å². The van der Waals surface area contributed by atoms with Crippen LogP contribution in [0.25, 0.3) is 0 Å². The van der Waals surface area contributed by atoms with E-state index in [1.54, 1.807) is 25.1 Å². The average Bonchev–Trinajstić information content (AvgIpc) is 3.00. The van der Waals surface area contributed by atoms with Crippen molar-refractivity contribution in [3.05, 3.63) is 53.0 Å². The van der Waals surface area contributed by atoms with Gasteiger partial charge in [0, 0.05) is 12.1 Å². The van der Waals surface area contributed by atoms with Gasteiger partial charge in [-0.25, -0.2) is 0 Å². The third-order valence-corrected chi connectivity index (χ3v) is 4.00. The van der Waals surface area contributed by atoms with Crippen LogP contribution in [0.1, 0.15) is 48.2 Å². The standard InChI is InChI=1S/C19H23NO4/c1-4-14-11-17(24-16(14)5-2)18(21)20-15-8-6-13(7-9-15)10-12(3)19(22)23/h6-9,11-12H,4-5,10H2,1-3H3,(H,20,21)(H,22,23). The molecule has 1 atom stereocenters. The van der Waals surface area contributed by atoms with Crippen molar-refractivity contribution in [1.29, 1.82) is 0 Å². The van der Waals surface area contributed by atoms with Gasteiger partial charge in [-0.2, -0.15) is 0 Å². The van der Waals surface area contributed by atoms with E-state index in [2.05, 4.69) is 5.32 Å². The fourth-order valence-corrected chi connectivity index (χ4v) is 2.53. The van der Waals surface area contributed by atoms with Gasteiger partial charge >= 0.3 is 5.97 Å². The molecule has 0 saturated heterocycles. The molecule has 0 aliphatic rings. The number of amides is 1. The Labute approximate surface area is 141 Å². The molecule has 0 bridgehead atoms. The van der Waals surface area contributed by atoms with Crippen LogP contribution in [-0.2, 0) is 24.1 Å². The Morgan fingerprint density at radius 2 is 1.83 bits per heavy atom. The zero-order valence-corrected chi connectivity index (χ0v) is 14.3. The highest BCUT2D eigenvalue weighted by molar-refractivity contribution is 6.02. The molecule has 24 heavy (non-hydrogen) atoms. The Morgan fingerprint density at radius 1 is 1.17 bits per heavy atom. The van der Waals surface area contributed by atoms with Gasteiger partial charge in [0.15, 0.2) is 5.76 Å². The molecule has 5 heteroatoms. The number of rotatable bonds is 7. The summed E-state index contributed by atoms with van der Waals surface area (Å²) in [7, 11) is 0. The number of benzene rings is 1. The third kappa shape index (κ3) is 4.25. The van der Waals surface area contributed by atoms with Gasteiger partial charge in [-0.05, 0) is 42.2 Å². The minimum atomic E-state index is -0.816. The number of furan rings is 1. The van der Waals surface area contributed by atoms with E-state index >= 15 is 0 Å². The Balaban J connectivity index is 2.04. The lowest BCUT2D eigenvalue weighted by atomic mass is 10.0. The first kappa shape index (κ1) is 17.8. The minimum absolute atomic E-state index is 0.281. The first-order valence-electron chi connectivity index (χ1n) is 8.19. The van der Waals surface area contributed by atoms with E-state index in [-0.39, 0.29) is 5.91 Å². The van der Waals surface area contributed by atoms with Crippen LogP contribution in [0.5, 0.6) is 0 Å². The van der Waals surface area contributed by atoms with Crippen LogP contribution in [0.3, 0.4) is 0 Å². The van der Waals surface area contributed by atoms with E-state index < -0.39 is 11.9 Å². The maximum absolute atomic E-state index is 12.3. The molecule has 2 N–H and O–H groups in total. The Hall–Kier alpha value is -2.56. The van der Waals surface area contributed by atoms with Gasteiger partial charge in [0.1, 0.15) is 5.76 Å². The van der Waals surface area contributed by atoms with Crippen molar-refractivity contribution in [1.82, 2.24) is 0 Å². The molecule has 1 unspecified atom stereocenters. The summed E-state index contributed by atoms with van der Waals surface area (Å²) in [4.78, 5) is 23.2. The summed E-state index contributed by atoms with van der Waals surface area (Å²) in [6, 6.07) is 8.98. The summed E-state index contributed by atoms with van der Waals surface area (Å²) in [5.74, 6) is -0.374. The third-order valence-electron chi connectivity index (χ3n) is 4.00. The monoisotopic (exact) mass is 329 g/mol. The van der Waals surface area contributed by atoms with Crippen molar-refractivity contribution >= 4 is 17.6 Å². The molecule has 1 heterocycles. The van der Waals surface area contributed by atoms with Crippen LogP contribution in [0, 0.1) is 5.92 Å². The molecule has 2 rings (SSSR count). The van der Waals surface area contributed by atoms with Gasteiger partial charge in [0.05, 0.1) is 5.92 Å². The van der Waals surface area contributed by atoms with Crippen LogP contribution in [0.15, 0.2) is 34.7 Å². The summed E-state index contributed by atoms with van der Waals surface area (Å²) in [6.07, 6.45) is 2.05. The van der Waals surface area contributed by atoms with Crippen molar-refractivity contribution in [3.8, 4) is 0 Å². The van der Waals surface area contributed by atoms with E-state index in [1.165, 1.54) is 0 Å². The predicted molar refractivity (Wildman–Crippen MR) is 92.4 cm³/mol. The van der Waals surface area contributed by atoms with Crippen molar-refractivity contribution in [2.75, 3.05) is 5.32 Å². The number of hydrogen-bond acceptors (Lipinski definition) is 3. The van der Waals surface area contributed by atoms with Crippen molar-refractivity contribution in [2.45, 2.75) is 40.0 Å². The van der Waals surface area contributed by atoms with Gasteiger partial charge < -0.3 is 14.8 Å². The number of carboxylic acid groups (broad SMARTS) is 1. The van der Waals surface area contributed by atoms with Crippen molar-refractivity contribution in [2.24, 2.45) is 5.92 Å². The lowest BCUT2D eigenvalue weighted by molar-refractivity contribution is -0.141. The number of anilines is 1. The molecular weight excluding hydrogens is 306 g/mol. The van der Waals surface area contributed by atoms with Crippen LogP contribution >= 0.6 is 0 Å². The van der Waals surface area contributed by atoms with Gasteiger partial charge in [-0.3, -0.25) is 9.59 Å². The summed E-state index contributed by atoms with van der Waals surface area (Å²) in [6.45, 7) is 5.70. The number of aryl methyl sites for hydroxylation is 2. The fraction of sp³-hybridized carbons (Fsp3) is 0.368. The molecule has 0 fully saturated rings. The van der Waals surface area contributed by atoms with E-state index in [4.69, 9.17) is 9.52 Å². The zero-order chi connectivity index (χ0) is 17.7. The second-order valence-electron chi connectivity index (χ2n) is 5.86. The predicted octanol–water partition coefficient (Wildman–Crippen LogP) is 3.92. The van der Waals surface area contributed by atoms with E-state index in [9.17, 15) is 9.59 Å². The topological polar surface area (TPSA) is 79.5 Å². The lowest BCUT2D eigenvalue weighted by Crippen LogP contribution is -2.13. The number of aliphatic carboxylic acids is 1. The Kier molecular flexibility index (Phi) is 5.79. The molecular formula is C19H23NO4. The highest BCUT2D eigenvalue weighted by atomic mass is 16.4. The molecule has 0 radical (unpaired) electrons. The second kappa shape index (κ2) is 7.81. The number of hydrogen-bond donors (Lipinski definition) is 2. The summed E-state index contributed by atoms with van der Waals surface area (Å²) in [5, 5.41) is 11.7. The van der Waals surface area contributed by atoms with Gasteiger partial charge in [0.2, 0.25) is 0 Å². The fourth-order valence-electron chi connectivity index (χ4n) is 2.53. The SMILES string of the molecule is CCc1cc(C(=O)Nc2ccc(CC(C)C(=O)O)cc2)oc1CC. The highest BCUT2D eigenvalue weighted by Crippen LogP contribution is 2.19. The molecule has 1 amide bonds. The molecule has 0 saturated carbocycles. The molecule has 5 nitrogen and oxygen atoms in total. The maximum atomic E-state index is 12.3. The molecule has 1 aromatic heterocycles. The summed E-state index contributed by atoms with van der Waals surface area (Å²) < 4.78 is 5.61. The first-order valence-corrected chi connectivity index (χ1v) is 8.19. The number of carboxylic acids is 1. The summed E-state index contributed by atoms with van der Waals surface area (Å²) >= 11 is 0. The molecule has 2 aromatic rings. The molecule has 1 aromatic carbocycles.